The molecule has 1 aromatic carbocycles. The minimum atomic E-state index is -0.835. The maximum absolute atomic E-state index is 10.4. The van der Waals surface area contributed by atoms with Crippen LogP contribution in [0.4, 0.5) is 0 Å². The van der Waals surface area contributed by atoms with Crippen molar-refractivity contribution in [3.05, 3.63) is 42.2 Å². The van der Waals surface area contributed by atoms with Gasteiger partial charge in [0.05, 0.1) is 6.42 Å². The lowest BCUT2D eigenvalue weighted by atomic mass is 10.1. The first kappa shape index (κ1) is 10.4. The predicted molar refractivity (Wildman–Crippen MR) is 57.9 cm³/mol. The Balaban J connectivity index is 2.11. The SMILES string of the molecule is O=C(O)CCc1cc(-c2ccccc2)no1. The molecule has 2 aromatic rings. The molecule has 16 heavy (non-hydrogen) atoms. The van der Waals surface area contributed by atoms with Gasteiger partial charge in [0, 0.05) is 18.1 Å². The molecule has 0 unspecified atom stereocenters. The standard InChI is InChI=1S/C12H11NO3/c14-12(15)7-6-10-8-11(13-16-10)9-4-2-1-3-5-9/h1-5,8H,6-7H2,(H,14,15). The van der Waals surface area contributed by atoms with Crippen LogP contribution in [0.3, 0.4) is 0 Å². The van der Waals surface area contributed by atoms with Crippen molar-refractivity contribution in [1.29, 1.82) is 0 Å². The summed E-state index contributed by atoms with van der Waals surface area (Å²) in [7, 11) is 0. The molecular weight excluding hydrogens is 206 g/mol. The highest BCUT2D eigenvalue weighted by molar-refractivity contribution is 5.67. The van der Waals surface area contributed by atoms with E-state index in [4.69, 9.17) is 9.63 Å². The van der Waals surface area contributed by atoms with Crippen molar-refractivity contribution in [3.8, 4) is 11.3 Å². The molecule has 0 saturated carbocycles. The summed E-state index contributed by atoms with van der Waals surface area (Å²) >= 11 is 0. The summed E-state index contributed by atoms with van der Waals surface area (Å²) in [5, 5.41) is 12.4. The minimum absolute atomic E-state index is 0.0590. The molecule has 0 spiro atoms. The van der Waals surface area contributed by atoms with E-state index >= 15 is 0 Å². The van der Waals surface area contributed by atoms with Gasteiger partial charge in [-0.2, -0.15) is 0 Å². The number of hydrogen-bond donors (Lipinski definition) is 1. The number of aryl methyl sites for hydroxylation is 1. The van der Waals surface area contributed by atoms with Crippen LogP contribution in [0, 0.1) is 0 Å². The number of aromatic nitrogens is 1. The van der Waals surface area contributed by atoms with Crippen molar-refractivity contribution >= 4 is 5.97 Å². The van der Waals surface area contributed by atoms with Gasteiger partial charge in [-0.1, -0.05) is 35.5 Å². The molecule has 0 radical (unpaired) electrons. The molecule has 0 aliphatic rings. The smallest absolute Gasteiger partial charge is 0.303 e. The second-order valence-electron chi connectivity index (χ2n) is 3.44. The van der Waals surface area contributed by atoms with E-state index in [0.29, 0.717) is 12.2 Å². The van der Waals surface area contributed by atoms with Gasteiger partial charge in [0.2, 0.25) is 0 Å². The summed E-state index contributed by atoms with van der Waals surface area (Å²) in [4.78, 5) is 10.4. The fourth-order valence-corrected chi connectivity index (χ4v) is 1.41. The third kappa shape index (κ3) is 2.48. The van der Waals surface area contributed by atoms with E-state index in [1.807, 2.05) is 30.3 Å². The van der Waals surface area contributed by atoms with Crippen LogP contribution in [0.1, 0.15) is 12.2 Å². The second kappa shape index (κ2) is 4.61. The summed E-state index contributed by atoms with van der Waals surface area (Å²) in [5.74, 6) is -0.237. The minimum Gasteiger partial charge on any atom is -0.481 e. The Hall–Kier alpha value is -2.10. The second-order valence-corrected chi connectivity index (χ2v) is 3.44. The van der Waals surface area contributed by atoms with Crippen molar-refractivity contribution in [2.24, 2.45) is 0 Å². The molecule has 1 aromatic heterocycles. The molecule has 0 amide bonds. The number of carboxylic acids is 1. The first-order valence-corrected chi connectivity index (χ1v) is 4.98. The van der Waals surface area contributed by atoms with Crippen molar-refractivity contribution in [2.45, 2.75) is 12.8 Å². The molecule has 1 heterocycles. The predicted octanol–water partition coefficient (Wildman–Crippen LogP) is 2.36. The first-order valence-electron chi connectivity index (χ1n) is 4.98. The zero-order valence-corrected chi connectivity index (χ0v) is 8.59. The highest BCUT2D eigenvalue weighted by Crippen LogP contribution is 2.19. The fraction of sp³-hybridized carbons (Fsp3) is 0.167. The molecule has 4 nitrogen and oxygen atoms in total. The van der Waals surface area contributed by atoms with Crippen molar-refractivity contribution < 1.29 is 14.4 Å². The highest BCUT2D eigenvalue weighted by Gasteiger charge is 2.07. The van der Waals surface area contributed by atoms with Crippen molar-refractivity contribution in [1.82, 2.24) is 5.16 Å². The van der Waals surface area contributed by atoms with Crippen molar-refractivity contribution in [3.63, 3.8) is 0 Å². The lowest BCUT2D eigenvalue weighted by Gasteiger charge is -1.91. The average Bonchev–Trinajstić information content (AvgIpc) is 2.76. The topological polar surface area (TPSA) is 63.3 Å². The van der Waals surface area contributed by atoms with E-state index in [9.17, 15) is 4.79 Å². The maximum Gasteiger partial charge on any atom is 0.303 e. The molecule has 0 fully saturated rings. The Labute approximate surface area is 92.5 Å². The Bertz CT molecular complexity index is 476. The number of benzene rings is 1. The van der Waals surface area contributed by atoms with Gasteiger partial charge in [-0.05, 0) is 0 Å². The molecule has 82 valence electrons. The number of carbonyl (C=O) groups is 1. The van der Waals surface area contributed by atoms with Gasteiger partial charge in [0.15, 0.2) is 0 Å². The van der Waals surface area contributed by atoms with Crippen LogP contribution in [0.5, 0.6) is 0 Å². The van der Waals surface area contributed by atoms with Gasteiger partial charge in [-0.3, -0.25) is 4.79 Å². The first-order chi connectivity index (χ1) is 7.75. The summed E-state index contributed by atoms with van der Waals surface area (Å²) in [6.07, 6.45) is 0.429. The van der Waals surface area contributed by atoms with Gasteiger partial charge in [-0.25, -0.2) is 0 Å². The zero-order valence-electron chi connectivity index (χ0n) is 8.59. The Morgan fingerprint density at radius 1 is 1.31 bits per heavy atom. The quantitative estimate of drug-likeness (QED) is 0.853. The number of aliphatic carboxylic acids is 1. The van der Waals surface area contributed by atoms with E-state index in [1.54, 1.807) is 6.07 Å². The zero-order chi connectivity index (χ0) is 11.4. The van der Waals surface area contributed by atoms with Crippen LogP contribution in [-0.2, 0) is 11.2 Å². The van der Waals surface area contributed by atoms with Gasteiger partial charge < -0.3 is 9.63 Å². The summed E-state index contributed by atoms with van der Waals surface area (Å²) in [6.45, 7) is 0. The third-order valence-corrected chi connectivity index (χ3v) is 2.21. The number of hydrogen-bond acceptors (Lipinski definition) is 3. The third-order valence-electron chi connectivity index (χ3n) is 2.21. The molecule has 0 aliphatic heterocycles. The molecule has 1 N–H and O–H groups in total. The van der Waals surface area contributed by atoms with E-state index in [2.05, 4.69) is 5.16 Å². The highest BCUT2D eigenvalue weighted by atomic mass is 16.5. The molecule has 0 atom stereocenters. The number of rotatable bonds is 4. The summed E-state index contributed by atoms with van der Waals surface area (Å²) in [6, 6.07) is 11.4. The molecule has 0 saturated heterocycles. The average molecular weight is 217 g/mol. The van der Waals surface area contributed by atoms with Crippen LogP contribution in [-0.4, -0.2) is 16.2 Å². The lowest BCUT2D eigenvalue weighted by Crippen LogP contribution is -1.96. The van der Waals surface area contributed by atoms with Crippen molar-refractivity contribution in [2.75, 3.05) is 0 Å². The summed E-state index contributed by atoms with van der Waals surface area (Å²) in [5.41, 5.74) is 1.70. The van der Waals surface area contributed by atoms with E-state index in [1.165, 1.54) is 0 Å². The molecule has 0 aliphatic carbocycles. The van der Waals surface area contributed by atoms with Gasteiger partial charge in [-0.15, -0.1) is 0 Å². The molecule has 2 rings (SSSR count). The summed E-state index contributed by atoms with van der Waals surface area (Å²) < 4.78 is 5.06. The largest absolute Gasteiger partial charge is 0.481 e. The van der Waals surface area contributed by atoms with E-state index < -0.39 is 5.97 Å². The van der Waals surface area contributed by atoms with Crippen LogP contribution >= 0.6 is 0 Å². The monoisotopic (exact) mass is 217 g/mol. The Morgan fingerprint density at radius 3 is 2.75 bits per heavy atom. The van der Waals surface area contributed by atoms with Gasteiger partial charge >= 0.3 is 5.97 Å². The van der Waals surface area contributed by atoms with E-state index in [0.717, 1.165) is 11.3 Å². The van der Waals surface area contributed by atoms with Crippen LogP contribution < -0.4 is 0 Å². The normalized spacial score (nSPS) is 10.2. The number of carboxylic acid groups (broad SMARTS) is 1. The Morgan fingerprint density at radius 2 is 2.06 bits per heavy atom. The molecular formula is C12H11NO3. The lowest BCUT2D eigenvalue weighted by molar-refractivity contribution is -0.137. The number of nitrogens with zero attached hydrogens (tertiary/aromatic N) is 1. The van der Waals surface area contributed by atoms with E-state index in [-0.39, 0.29) is 6.42 Å². The van der Waals surface area contributed by atoms with Gasteiger partial charge in [0.25, 0.3) is 0 Å². The Kier molecular flexibility index (Phi) is 3.00. The molecule has 0 bridgehead atoms. The molecule has 4 heteroatoms. The van der Waals surface area contributed by atoms with Gasteiger partial charge in [0.1, 0.15) is 11.5 Å². The van der Waals surface area contributed by atoms with Crippen LogP contribution in [0.15, 0.2) is 40.9 Å². The fourth-order valence-electron chi connectivity index (χ4n) is 1.41. The van der Waals surface area contributed by atoms with Crippen LogP contribution in [0.2, 0.25) is 0 Å². The maximum atomic E-state index is 10.4. The van der Waals surface area contributed by atoms with Crippen LogP contribution in [0.25, 0.3) is 11.3 Å².